The highest BCUT2D eigenvalue weighted by molar-refractivity contribution is 5.94. The molecule has 0 spiro atoms. The molecular weight excluding hydrogens is 264 g/mol. The summed E-state index contributed by atoms with van der Waals surface area (Å²) in [7, 11) is 0. The van der Waals surface area contributed by atoms with E-state index in [0.29, 0.717) is 17.6 Å². The van der Waals surface area contributed by atoms with E-state index in [9.17, 15) is 4.79 Å². The smallest absolute Gasteiger partial charge is 0.282 e. The van der Waals surface area contributed by atoms with Gasteiger partial charge < -0.3 is 8.98 Å². The zero-order valence-electron chi connectivity index (χ0n) is 11.3. The Morgan fingerprint density at radius 1 is 1.05 bits per heavy atom. The van der Waals surface area contributed by atoms with Crippen LogP contribution in [0.15, 0.2) is 82.7 Å². The fourth-order valence-corrected chi connectivity index (χ4v) is 2.04. The number of rotatable bonds is 3. The molecule has 0 unspecified atom stereocenters. The quantitative estimate of drug-likeness (QED) is 0.739. The van der Waals surface area contributed by atoms with Gasteiger partial charge in [0.05, 0.1) is 11.8 Å². The maximum absolute atomic E-state index is 12.0. The summed E-state index contributed by atoms with van der Waals surface area (Å²) in [4.78, 5) is 16.2. The molecule has 4 heteroatoms. The van der Waals surface area contributed by atoms with Gasteiger partial charge in [0.15, 0.2) is 0 Å². The standard InChI is InChI=1S/C17H14N2O2/c20-17(15-9-11-21-13-15)18-16-8-4-5-10-19(16)12-14-6-2-1-3-7-14/h1-11,13H,12H2. The monoisotopic (exact) mass is 278 g/mol. The number of carbonyl (C=O) groups excluding carboxylic acids is 1. The zero-order valence-corrected chi connectivity index (χ0v) is 11.3. The maximum atomic E-state index is 12.0. The predicted molar refractivity (Wildman–Crippen MR) is 78.6 cm³/mol. The third-order valence-corrected chi connectivity index (χ3v) is 3.10. The molecule has 0 aliphatic carbocycles. The summed E-state index contributed by atoms with van der Waals surface area (Å²) in [6.07, 6.45) is 4.77. The lowest BCUT2D eigenvalue weighted by Crippen LogP contribution is -2.22. The Morgan fingerprint density at radius 2 is 1.86 bits per heavy atom. The van der Waals surface area contributed by atoms with Crippen LogP contribution in [0.5, 0.6) is 0 Å². The van der Waals surface area contributed by atoms with Crippen molar-refractivity contribution in [1.29, 1.82) is 0 Å². The molecule has 104 valence electrons. The van der Waals surface area contributed by atoms with E-state index in [0.717, 1.165) is 5.56 Å². The third-order valence-electron chi connectivity index (χ3n) is 3.10. The first-order chi connectivity index (χ1) is 10.3. The van der Waals surface area contributed by atoms with Gasteiger partial charge in [0.2, 0.25) is 0 Å². The molecule has 0 radical (unpaired) electrons. The molecule has 0 bridgehead atoms. The number of hydrogen-bond donors (Lipinski definition) is 0. The molecule has 3 aromatic rings. The number of nitrogens with zero attached hydrogens (tertiary/aromatic N) is 2. The first-order valence-electron chi connectivity index (χ1n) is 6.63. The van der Waals surface area contributed by atoms with Crippen LogP contribution in [0.1, 0.15) is 15.9 Å². The van der Waals surface area contributed by atoms with Crippen molar-refractivity contribution in [3.63, 3.8) is 0 Å². The van der Waals surface area contributed by atoms with Gasteiger partial charge in [-0.1, -0.05) is 36.4 Å². The Hall–Kier alpha value is -2.88. The molecule has 0 saturated heterocycles. The Labute approximate surface area is 122 Å². The Balaban J connectivity index is 1.94. The van der Waals surface area contributed by atoms with E-state index in [-0.39, 0.29) is 5.91 Å². The number of furan rings is 1. The molecule has 0 fully saturated rings. The number of aromatic nitrogens is 1. The molecule has 1 amide bonds. The fraction of sp³-hybridized carbons (Fsp3) is 0.0588. The van der Waals surface area contributed by atoms with Crippen LogP contribution >= 0.6 is 0 Å². The van der Waals surface area contributed by atoms with Crippen molar-refractivity contribution in [3.8, 4) is 0 Å². The van der Waals surface area contributed by atoms with E-state index in [1.165, 1.54) is 12.5 Å². The van der Waals surface area contributed by atoms with E-state index in [2.05, 4.69) is 4.99 Å². The van der Waals surface area contributed by atoms with E-state index in [4.69, 9.17) is 4.42 Å². The summed E-state index contributed by atoms with van der Waals surface area (Å²) < 4.78 is 6.85. The minimum absolute atomic E-state index is 0.309. The third kappa shape index (κ3) is 3.17. The highest BCUT2D eigenvalue weighted by Gasteiger charge is 2.05. The highest BCUT2D eigenvalue weighted by Crippen LogP contribution is 2.02. The summed E-state index contributed by atoms with van der Waals surface area (Å²) in [5, 5.41) is 0. The first-order valence-corrected chi connectivity index (χ1v) is 6.63. The van der Waals surface area contributed by atoms with E-state index < -0.39 is 0 Å². The Morgan fingerprint density at radius 3 is 2.62 bits per heavy atom. The summed E-state index contributed by atoms with van der Waals surface area (Å²) in [6.45, 7) is 0.666. The number of benzene rings is 1. The van der Waals surface area contributed by atoms with Gasteiger partial charge in [-0.25, -0.2) is 0 Å². The van der Waals surface area contributed by atoms with Gasteiger partial charge in [0, 0.05) is 12.7 Å². The SMILES string of the molecule is O=C(N=c1ccccn1Cc1ccccc1)c1ccoc1. The number of amides is 1. The van der Waals surface area contributed by atoms with Crippen molar-refractivity contribution in [2.75, 3.05) is 0 Å². The molecule has 3 rings (SSSR count). The number of hydrogen-bond acceptors (Lipinski definition) is 2. The second kappa shape index (κ2) is 6.05. The van der Waals surface area contributed by atoms with Crippen molar-refractivity contribution in [2.24, 2.45) is 4.99 Å². The van der Waals surface area contributed by atoms with Crippen LogP contribution < -0.4 is 5.49 Å². The molecule has 1 aromatic carbocycles. The Kier molecular flexibility index (Phi) is 3.78. The van der Waals surface area contributed by atoms with Gasteiger partial charge in [-0.15, -0.1) is 0 Å². The van der Waals surface area contributed by atoms with Crippen molar-refractivity contribution >= 4 is 5.91 Å². The van der Waals surface area contributed by atoms with Crippen LogP contribution in [-0.2, 0) is 6.54 Å². The zero-order chi connectivity index (χ0) is 14.5. The second-order valence-electron chi connectivity index (χ2n) is 4.60. The molecular formula is C17H14N2O2. The van der Waals surface area contributed by atoms with Gasteiger partial charge in [-0.05, 0) is 23.8 Å². The molecule has 2 aromatic heterocycles. The van der Waals surface area contributed by atoms with Crippen LogP contribution in [0.2, 0.25) is 0 Å². The van der Waals surface area contributed by atoms with Crippen LogP contribution in [-0.4, -0.2) is 10.5 Å². The topological polar surface area (TPSA) is 47.5 Å². The molecule has 2 heterocycles. The van der Waals surface area contributed by atoms with E-state index in [1.807, 2.05) is 59.3 Å². The minimum atomic E-state index is -0.309. The molecule has 0 atom stereocenters. The van der Waals surface area contributed by atoms with Crippen LogP contribution in [0.4, 0.5) is 0 Å². The molecule has 0 saturated carbocycles. The lowest BCUT2D eigenvalue weighted by Gasteiger charge is -2.07. The van der Waals surface area contributed by atoms with Crippen molar-refractivity contribution in [3.05, 3.63) is 89.9 Å². The van der Waals surface area contributed by atoms with Gasteiger partial charge in [0.1, 0.15) is 11.8 Å². The van der Waals surface area contributed by atoms with Crippen LogP contribution in [0, 0.1) is 0 Å². The first kappa shape index (κ1) is 13.1. The second-order valence-corrected chi connectivity index (χ2v) is 4.60. The largest absolute Gasteiger partial charge is 0.472 e. The molecule has 21 heavy (non-hydrogen) atoms. The Bertz CT molecular complexity index is 787. The summed E-state index contributed by atoms with van der Waals surface area (Å²) >= 11 is 0. The van der Waals surface area contributed by atoms with Gasteiger partial charge >= 0.3 is 0 Å². The number of carbonyl (C=O) groups is 1. The van der Waals surface area contributed by atoms with Crippen molar-refractivity contribution in [2.45, 2.75) is 6.54 Å². The average molecular weight is 278 g/mol. The summed E-state index contributed by atoms with van der Waals surface area (Å²) in [5.74, 6) is -0.309. The number of pyridine rings is 1. The molecule has 4 nitrogen and oxygen atoms in total. The van der Waals surface area contributed by atoms with Gasteiger partial charge in [-0.2, -0.15) is 4.99 Å². The summed E-state index contributed by atoms with van der Waals surface area (Å²) in [6, 6.07) is 17.3. The molecule has 0 aliphatic rings. The molecule has 0 aliphatic heterocycles. The highest BCUT2D eigenvalue weighted by atomic mass is 16.3. The van der Waals surface area contributed by atoms with Crippen molar-refractivity contribution < 1.29 is 9.21 Å². The maximum Gasteiger partial charge on any atom is 0.282 e. The normalized spacial score (nSPS) is 11.5. The van der Waals surface area contributed by atoms with Gasteiger partial charge in [0.25, 0.3) is 5.91 Å². The van der Waals surface area contributed by atoms with E-state index in [1.54, 1.807) is 6.07 Å². The fourth-order valence-electron chi connectivity index (χ4n) is 2.04. The molecule has 0 N–H and O–H groups in total. The lowest BCUT2D eigenvalue weighted by atomic mass is 10.2. The minimum Gasteiger partial charge on any atom is -0.472 e. The van der Waals surface area contributed by atoms with Crippen LogP contribution in [0.3, 0.4) is 0 Å². The predicted octanol–water partition coefficient (Wildman–Crippen LogP) is 2.87. The van der Waals surface area contributed by atoms with Crippen LogP contribution in [0.25, 0.3) is 0 Å². The van der Waals surface area contributed by atoms with Crippen molar-refractivity contribution in [1.82, 2.24) is 4.57 Å². The van der Waals surface area contributed by atoms with Gasteiger partial charge in [-0.3, -0.25) is 4.79 Å². The van der Waals surface area contributed by atoms with E-state index >= 15 is 0 Å². The summed E-state index contributed by atoms with van der Waals surface area (Å²) in [5.41, 5.74) is 2.22. The lowest BCUT2D eigenvalue weighted by molar-refractivity contribution is 0.0996. The average Bonchev–Trinajstić information content (AvgIpc) is 3.05.